The van der Waals surface area contributed by atoms with Gasteiger partial charge in [0.05, 0.1) is 17.4 Å². The molecule has 0 radical (unpaired) electrons. The van der Waals surface area contributed by atoms with Crippen molar-refractivity contribution < 1.29 is 4.79 Å². The van der Waals surface area contributed by atoms with Crippen molar-refractivity contribution in [1.29, 1.82) is 0 Å². The predicted octanol–water partition coefficient (Wildman–Crippen LogP) is 2.90. The molecular formula is C19H18N4O. The summed E-state index contributed by atoms with van der Waals surface area (Å²) in [6.45, 7) is 0.811. The Hall–Kier alpha value is -2.69. The Kier molecular flexibility index (Phi) is 2.95. The first-order valence-electron chi connectivity index (χ1n) is 8.47. The molecule has 1 amide bonds. The van der Waals surface area contributed by atoms with Crippen molar-refractivity contribution in [3.63, 3.8) is 0 Å². The van der Waals surface area contributed by atoms with Gasteiger partial charge in [0, 0.05) is 36.0 Å². The number of nitrogens with zero attached hydrogens (tertiary/aromatic N) is 3. The lowest BCUT2D eigenvalue weighted by Crippen LogP contribution is -2.49. The minimum atomic E-state index is 0.127. The van der Waals surface area contributed by atoms with Crippen molar-refractivity contribution in [3.05, 3.63) is 59.7 Å². The van der Waals surface area contributed by atoms with Gasteiger partial charge in [-0.15, -0.1) is 0 Å². The number of nitrogens with one attached hydrogen (secondary N) is 1. The molecule has 5 nitrogen and oxygen atoms in total. The SMILES string of the molecule is O=C(c1ccc2nc[nH]c2c1)N1CC[C@@H]2C[C@@H]1Cc1cccnc12. The van der Waals surface area contributed by atoms with E-state index in [9.17, 15) is 4.79 Å². The maximum absolute atomic E-state index is 13.1. The number of carbonyl (C=O) groups excluding carboxylic acids is 1. The third-order valence-electron chi connectivity index (χ3n) is 5.41. The lowest BCUT2D eigenvalue weighted by atomic mass is 9.78. The average Bonchev–Trinajstić information content (AvgIpc) is 3.09. The van der Waals surface area contributed by atoms with Crippen LogP contribution in [0.5, 0.6) is 0 Å². The van der Waals surface area contributed by atoms with E-state index in [1.165, 1.54) is 11.3 Å². The van der Waals surface area contributed by atoms with Gasteiger partial charge in [-0.2, -0.15) is 0 Å². The molecule has 5 heteroatoms. The molecule has 0 saturated carbocycles. The fourth-order valence-corrected chi connectivity index (χ4v) is 4.24. The number of carbonyl (C=O) groups is 1. The Balaban J connectivity index is 1.46. The van der Waals surface area contributed by atoms with Gasteiger partial charge >= 0.3 is 0 Å². The number of pyridine rings is 1. The Morgan fingerprint density at radius 2 is 2.21 bits per heavy atom. The average molecular weight is 318 g/mol. The zero-order chi connectivity index (χ0) is 16.1. The second-order valence-corrected chi connectivity index (χ2v) is 6.76. The van der Waals surface area contributed by atoms with Gasteiger partial charge in [-0.1, -0.05) is 6.07 Å². The van der Waals surface area contributed by atoms with Crippen LogP contribution in [-0.4, -0.2) is 38.3 Å². The number of rotatable bonds is 1. The molecule has 2 aliphatic rings. The molecule has 1 fully saturated rings. The van der Waals surface area contributed by atoms with Crippen molar-refractivity contribution in [2.24, 2.45) is 0 Å². The van der Waals surface area contributed by atoms with Crippen LogP contribution >= 0.6 is 0 Å². The van der Waals surface area contributed by atoms with E-state index in [4.69, 9.17) is 0 Å². The van der Waals surface area contributed by atoms with Gasteiger partial charge in [-0.3, -0.25) is 9.78 Å². The largest absolute Gasteiger partial charge is 0.345 e. The second kappa shape index (κ2) is 5.16. The number of fused-ring (bicyclic) bond motifs is 5. The minimum Gasteiger partial charge on any atom is -0.345 e. The minimum absolute atomic E-state index is 0.127. The number of imidazole rings is 1. The van der Waals surface area contributed by atoms with Crippen molar-refractivity contribution in [2.45, 2.75) is 31.2 Å². The Morgan fingerprint density at radius 1 is 1.25 bits per heavy atom. The monoisotopic (exact) mass is 318 g/mol. The summed E-state index contributed by atoms with van der Waals surface area (Å²) in [5.74, 6) is 0.626. The predicted molar refractivity (Wildman–Crippen MR) is 90.8 cm³/mol. The summed E-state index contributed by atoms with van der Waals surface area (Å²) < 4.78 is 0. The maximum Gasteiger partial charge on any atom is 0.254 e. The molecule has 0 unspecified atom stereocenters. The van der Waals surface area contributed by atoms with Gasteiger partial charge in [0.15, 0.2) is 0 Å². The van der Waals surface area contributed by atoms with Gasteiger partial charge < -0.3 is 9.88 Å². The summed E-state index contributed by atoms with van der Waals surface area (Å²) in [4.78, 5) is 27.0. The van der Waals surface area contributed by atoms with Crippen molar-refractivity contribution >= 4 is 16.9 Å². The number of likely N-dealkylation sites (tertiary alicyclic amines) is 1. The highest BCUT2D eigenvalue weighted by Crippen LogP contribution is 2.39. The molecule has 1 N–H and O–H groups in total. The Labute approximate surface area is 139 Å². The normalized spacial score (nSPS) is 22.4. The lowest BCUT2D eigenvalue weighted by Gasteiger charge is -2.43. The summed E-state index contributed by atoms with van der Waals surface area (Å²) in [6.07, 6.45) is 6.49. The standard InChI is InChI=1S/C19H18N4O/c24-19(14-3-4-16-17(10-14)22-11-21-16)23-7-5-13-9-15(23)8-12-2-1-6-20-18(12)13/h1-4,6,10-11,13,15H,5,7-9H2,(H,21,22)/t13-,15+/m1/s1. The van der Waals surface area contributed by atoms with Crippen LogP contribution in [0, 0.1) is 0 Å². The summed E-state index contributed by atoms with van der Waals surface area (Å²) in [6, 6.07) is 10.1. The van der Waals surface area contributed by atoms with E-state index in [0.717, 1.165) is 42.4 Å². The summed E-state index contributed by atoms with van der Waals surface area (Å²) in [5.41, 5.74) is 5.10. The maximum atomic E-state index is 13.1. The number of hydrogen-bond donors (Lipinski definition) is 1. The number of piperidine rings is 1. The van der Waals surface area contributed by atoms with E-state index in [1.54, 1.807) is 6.33 Å². The molecule has 2 atom stereocenters. The topological polar surface area (TPSA) is 61.9 Å². The quantitative estimate of drug-likeness (QED) is 0.750. The highest BCUT2D eigenvalue weighted by molar-refractivity contribution is 5.97. The van der Waals surface area contributed by atoms with Crippen LogP contribution < -0.4 is 0 Å². The molecular weight excluding hydrogens is 300 g/mol. The van der Waals surface area contributed by atoms with Crippen LogP contribution in [0.25, 0.3) is 11.0 Å². The smallest absolute Gasteiger partial charge is 0.254 e. The third kappa shape index (κ3) is 2.04. The van der Waals surface area contributed by atoms with Crippen LogP contribution in [0.3, 0.4) is 0 Å². The van der Waals surface area contributed by atoms with Crippen molar-refractivity contribution in [1.82, 2.24) is 19.9 Å². The van der Waals surface area contributed by atoms with E-state index < -0.39 is 0 Å². The molecule has 24 heavy (non-hydrogen) atoms. The highest BCUT2D eigenvalue weighted by Gasteiger charge is 2.37. The molecule has 1 aliphatic heterocycles. The zero-order valence-corrected chi connectivity index (χ0v) is 13.3. The Morgan fingerprint density at radius 3 is 3.17 bits per heavy atom. The number of aromatic nitrogens is 3. The van der Waals surface area contributed by atoms with Gasteiger partial charge in [0.2, 0.25) is 0 Å². The molecule has 3 aromatic rings. The van der Waals surface area contributed by atoms with E-state index in [2.05, 4.69) is 25.9 Å². The highest BCUT2D eigenvalue weighted by atomic mass is 16.2. The zero-order valence-electron chi connectivity index (χ0n) is 13.3. The first kappa shape index (κ1) is 13.7. The number of amides is 1. The molecule has 1 saturated heterocycles. The molecule has 1 aromatic carbocycles. The fraction of sp³-hybridized carbons (Fsp3) is 0.316. The van der Waals surface area contributed by atoms with E-state index in [0.29, 0.717) is 5.92 Å². The van der Waals surface area contributed by atoms with Gasteiger partial charge in [-0.25, -0.2) is 4.98 Å². The summed E-state index contributed by atoms with van der Waals surface area (Å²) >= 11 is 0. The van der Waals surface area contributed by atoms with Crippen LogP contribution in [-0.2, 0) is 6.42 Å². The van der Waals surface area contributed by atoms with E-state index in [1.807, 2.05) is 30.5 Å². The molecule has 1 aliphatic carbocycles. The molecule has 120 valence electrons. The number of aromatic amines is 1. The van der Waals surface area contributed by atoms with Gasteiger partial charge in [0.25, 0.3) is 5.91 Å². The summed E-state index contributed by atoms with van der Waals surface area (Å²) in [7, 11) is 0. The number of H-pyrrole nitrogens is 1. The van der Waals surface area contributed by atoms with Gasteiger partial charge in [0.1, 0.15) is 0 Å². The first-order chi connectivity index (χ1) is 11.8. The molecule has 5 rings (SSSR count). The van der Waals surface area contributed by atoms with Crippen LogP contribution in [0.2, 0.25) is 0 Å². The summed E-state index contributed by atoms with van der Waals surface area (Å²) in [5, 5.41) is 0. The van der Waals surface area contributed by atoms with Crippen molar-refractivity contribution in [3.8, 4) is 0 Å². The third-order valence-corrected chi connectivity index (χ3v) is 5.41. The number of hydrogen-bond acceptors (Lipinski definition) is 3. The second-order valence-electron chi connectivity index (χ2n) is 6.76. The van der Waals surface area contributed by atoms with Crippen LogP contribution in [0.1, 0.15) is 40.4 Å². The molecule has 0 spiro atoms. The molecule has 2 bridgehead atoms. The lowest BCUT2D eigenvalue weighted by molar-refractivity contribution is 0.0571. The van der Waals surface area contributed by atoms with E-state index >= 15 is 0 Å². The van der Waals surface area contributed by atoms with Gasteiger partial charge in [-0.05, 0) is 49.1 Å². The molecule has 2 aromatic heterocycles. The first-order valence-corrected chi connectivity index (χ1v) is 8.47. The van der Waals surface area contributed by atoms with E-state index in [-0.39, 0.29) is 11.9 Å². The van der Waals surface area contributed by atoms with Crippen LogP contribution in [0.15, 0.2) is 42.9 Å². The number of benzene rings is 1. The molecule has 3 heterocycles. The fourth-order valence-electron chi connectivity index (χ4n) is 4.24. The van der Waals surface area contributed by atoms with Crippen LogP contribution in [0.4, 0.5) is 0 Å². The Bertz CT molecular complexity index is 932. The van der Waals surface area contributed by atoms with Crippen molar-refractivity contribution in [2.75, 3.05) is 6.54 Å².